The van der Waals surface area contributed by atoms with Crippen LogP contribution in [-0.2, 0) is 0 Å². The van der Waals surface area contributed by atoms with Crippen molar-refractivity contribution >= 4 is 24.0 Å². The summed E-state index contributed by atoms with van der Waals surface area (Å²) in [5.41, 5.74) is 6.85. The molecule has 0 amide bonds. The fraction of sp³-hybridized carbons (Fsp3) is 0.273. The summed E-state index contributed by atoms with van der Waals surface area (Å²) < 4.78 is 0. The van der Waals surface area contributed by atoms with Gasteiger partial charge in [0.15, 0.2) is 0 Å². The number of hydrogen-bond acceptors (Lipinski definition) is 2. The predicted octanol–water partition coefficient (Wildman–Crippen LogP) is 3.43. The van der Waals surface area contributed by atoms with E-state index in [0.717, 1.165) is 18.4 Å². The third-order valence-electron chi connectivity index (χ3n) is 2.08. The van der Waals surface area contributed by atoms with Crippen molar-refractivity contribution in [2.24, 2.45) is 5.73 Å². The molecule has 1 aromatic carbocycles. The van der Waals surface area contributed by atoms with Gasteiger partial charge in [0.1, 0.15) is 5.75 Å². The van der Waals surface area contributed by atoms with Crippen molar-refractivity contribution in [2.45, 2.75) is 18.9 Å². The van der Waals surface area contributed by atoms with Crippen LogP contribution >= 0.6 is 24.0 Å². The molecule has 0 heterocycles. The van der Waals surface area contributed by atoms with E-state index in [1.165, 1.54) is 0 Å². The highest BCUT2D eigenvalue weighted by Gasteiger charge is 2.07. The third kappa shape index (κ3) is 4.12. The van der Waals surface area contributed by atoms with Gasteiger partial charge in [-0.05, 0) is 30.5 Å². The summed E-state index contributed by atoms with van der Waals surface area (Å²) in [6.45, 7) is 3.64. The third-order valence-corrected chi connectivity index (χ3v) is 2.38. The van der Waals surface area contributed by atoms with Gasteiger partial charge in [-0.15, -0.1) is 19.0 Å². The van der Waals surface area contributed by atoms with E-state index in [-0.39, 0.29) is 24.2 Å². The van der Waals surface area contributed by atoms with Gasteiger partial charge in [-0.25, -0.2) is 0 Å². The van der Waals surface area contributed by atoms with Crippen molar-refractivity contribution in [3.8, 4) is 5.75 Å². The molecule has 1 atom stereocenters. The zero-order chi connectivity index (χ0) is 10.6. The molecule has 0 bridgehead atoms. The number of rotatable bonds is 4. The minimum atomic E-state index is -0.0499. The molecule has 0 radical (unpaired) electrons. The summed E-state index contributed by atoms with van der Waals surface area (Å²) in [4.78, 5) is 0. The van der Waals surface area contributed by atoms with E-state index >= 15 is 0 Å². The van der Waals surface area contributed by atoms with Crippen LogP contribution in [0, 0.1) is 0 Å². The van der Waals surface area contributed by atoms with Gasteiger partial charge < -0.3 is 10.8 Å². The highest BCUT2D eigenvalue weighted by Crippen LogP contribution is 2.27. The topological polar surface area (TPSA) is 46.2 Å². The summed E-state index contributed by atoms with van der Waals surface area (Å²) in [5, 5.41) is 9.56. The molecule has 2 nitrogen and oxygen atoms in total. The first-order valence-electron chi connectivity index (χ1n) is 4.50. The molecular weight excluding hydrogens is 233 g/mol. The standard InChI is InChI=1S/C11H14ClNO.ClH/c1-2-3-4-10(13)8-5-6-11(14)9(12)7-8;/h2,5-7,10,14H,1,3-4,13H2;1H/t10-;/m0./s1. The maximum Gasteiger partial charge on any atom is 0.134 e. The fourth-order valence-corrected chi connectivity index (χ4v) is 1.41. The van der Waals surface area contributed by atoms with E-state index in [1.807, 2.05) is 6.08 Å². The van der Waals surface area contributed by atoms with Crippen LogP contribution < -0.4 is 5.73 Å². The van der Waals surface area contributed by atoms with Gasteiger partial charge in [-0.2, -0.15) is 0 Å². The van der Waals surface area contributed by atoms with Gasteiger partial charge in [0.25, 0.3) is 0 Å². The summed E-state index contributed by atoms with van der Waals surface area (Å²) in [5.74, 6) is 0.0892. The molecule has 0 unspecified atom stereocenters. The molecule has 0 aliphatic heterocycles. The number of aromatic hydroxyl groups is 1. The zero-order valence-corrected chi connectivity index (χ0v) is 9.89. The van der Waals surface area contributed by atoms with Gasteiger partial charge in [0.2, 0.25) is 0 Å². The number of halogens is 2. The van der Waals surface area contributed by atoms with E-state index in [0.29, 0.717) is 5.02 Å². The molecule has 0 spiro atoms. The Bertz CT molecular complexity index is 328. The van der Waals surface area contributed by atoms with Crippen LogP contribution in [0.5, 0.6) is 5.75 Å². The molecule has 0 saturated carbocycles. The van der Waals surface area contributed by atoms with Gasteiger partial charge in [0, 0.05) is 6.04 Å². The monoisotopic (exact) mass is 247 g/mol. The Labute approximate surface area is 101 Å². The van der Waals surface area contributed by atoms with Crippen LogP contribution in [0.25, 0.3) is 0 Å². The number of phenolic OH excluding ortho intramolecular Hbond substituents is 1. The minimum absolute atomic E-state index is 0. The molecule has 15 heavy (non-hydrogen) atoms. The summed E-state index contributed by atoms with van der Waals surface area (Å²) in [6, 6.07) is 5.00. The van der Waals surface area contributed by atoms with E-state index < -0.39 is 0 Å². The first-order valence-corrected chi connectivity index (χ1v) is 4.88. The molecule has 0 aliphatic carbocycles. The molecule has 0 aromatic heterocycles. The number of nitrogens with two attached hydrogens (primary N) is 1. The second kappa shape index (κ2) is 6.72. The predicted molar refractivity (Wildman–Crippen MR) is 66.7 cm³/mol. The SMILES string of the molecule is C=CCC[C@H](N)c1ccc(O)c(Cl)c1.Cl. The first kappa shape index (κ1) is 14.3. The first-order chi connectivity index (χ1) is 6.65. The second-order valence-electron chi connectivity index (χ2n) is 3.18. The molecule has 0 fully saturated rings. The Hall–Kier alpha value is -0.700. The lowest BCUT2D eigenvalue weighted by molar-refractivity contribution is 0.475. The van der Waals surface area contributed by atoms with Crippen LogP contribution in [0.1, 0.15) is 24.4 Å². The van der Waals surface area contributed by atoms with E-state index in [1.54, 1.807) is 18.2 Å². The van der Waals surface area contributed by atoms with E-state index in [9.17, 15) is 5.11 Å². The van der Waals surface area contributed by atoms with Crippen molar-refractivity contribution in [1.82, 2.24) is 0 Å². The molecular formula is C11H15Cl2NO. The van der Waals surface area contributed by atoms with Crippen molar-refractivity contribution in [1.29, 1.82) is 0 Å². The number of benzene rings is 1. The molecule has 3 N–H and O–H groups in total. The Morgan fingerprint density at radius 2 is 2.20 bits per heavy atom. The van der Waals surface area contributed by atoms with Crippen LogP contribution in [0.15, 0.2) is 30.9 Å². The smallest absolute Gasteiger partial charge is 0.134 e. The van der Waals surface area contributed by atoms with Crippen LogP contribution in [-0.4, -0.2) is 5.11 Å². The van der Waals surface area contributed by atoms with Gasteiger partial charge in [-0.3, -0.25) is 0 Å². The molecule has 84 valence electrons. The average Bonchev–Trinajstić information content (AvgIpc) is 2.18. The highest BCUT2D eigenvalue weighted by molar-refractivity contribution is 6.32. The van der Waals surface area contributed by atoms with Crippen molar-refractivity contribution in [2.75, 3.05) is 0 Å². The molecule has 1 rings (SSSR count). The molecule has 1 aromatic rings. The maximum absolute atomic E-state index is 9.21. The average molecular weight is 248 g/mol. The Morgan fingerprint density at radius 3 is 2.73 bits per heavy atom. The lowest BCUT2D eigenvalue weighted by Crippen LogP contribution is -2.09. The van der Waals surface area contributed by atoms with Crippen molar-refractivity contribution < 1.29 is 5.11 Å². The van der Waals surface area contributed by atoms with Crippen LogP contribution in [0.3, 0.4) is 0 Å². The summed E-state index contributed by atoms with van der Waals surface area (Å²) in [7, 11) is 0. The Morgan fingerprint density at radius 1 is 1.53 bits per heavy atom. The zero-order valence-electron chi connectivity index (χ0n) is 8.32. The molecule has 0 aliphatic rings. The second-order valence-corrected chi connectivity index (χ2v) is 3.59. The summed E-state index contributed by atoms with van der Waals surface area (Å²) in [6.07, 6.45) is 3.55. The number of hydrogen-bond donors (Lipinski definition) is 2. The lowest BCUT2D eigenvalue weighted by Gasteiger charge is -2.11. The van der Waals surface area contributed by atoms with Crippen molar-refractivity contribution in [3.63, 3.8) is 0 Å². The minimum Gasteiger partial charge on any atom is -0.506 e. The lowest BCUT2D eigenvalue weighted by atomic mass is 10.0. The van der Waals surface area contributed by atoms with Crippen LogP contribution in [0.2, 0.25) is 5.02 Å². The Kier molecular flexibility index (Phi) is 6.41. The van der Waals surface area contributed by atoms with Gasteiger partial charge in [0.05, 0.1) is 5.02 Å². The Balaban J connectivity index is 0.00000196. The van der Waals surface area contributed by atoms with E-state index in [4.69, 9.17) is 17.3 Å². The normalized spacial score (nSPS) is 11.6. The van der Waals surface area contributed by atoms with Crippen LogP contribution in [0.4, 0.5) is 0 Å². The van der Waals surface area contributed by atoms with E-state index in [2.05, 4.69) is 6.58 Å². The van der Waals surface area contributed by atoms with Gasteiger partial charge in [-0.1, -0.05) is 23.7 Å². The van der Waals surface area contributed by atoms with Gasteiger partial charge >= 0.3 is 0 Å². The fourth-order valence-electron chi connectivity index (χ4n) is 1.22. The maximum atomic E-state index is 9.21. The molecule has 4 heteroatoms. The number of phenols is 1. The highest BCUT2D eigenvalue weighted by atomic mass is 35.5. The summed E-state index contributed by atoms with van der Waals surface area (Å²) >= 11 is 5.77. The van der Waals surface area contributed by atoms with Crippen molar-refractivity contribution in [3.05, 3.63) is 41.4 Å². The largest absolute Gasteiger partial charge is 0.506 e. The molecule has 0 saturated heterocycles. The number of allylic oxidation sites excluding steroid dienone is 1. The quantitative estimate of drug-likeness (QED) is 0.802.